The Morgan fingerprint density at radius 1 is 1.23 bits per heavy atom. The third-order valence-electron chi connectivity index (χ3n) is 5.99. The molecule has 0 aliphatic carbocycles. The third kappa shape index (κ3) is 6.05. The summed E-state index contributed by atoms with van der Waals surface area (Å²) in [5.41, 5.74) is 1.77. The lowest BCUT2D eigenvalue weighted by molar-refractivity contribution is -0.136. The van der Waals surface area contributed by atoms with Crippen LogP contribution in [0.5, 0.6) is 5.75 Å². The average Bonchev–Trinajstić information content (AvgIpc) is 2.78. The normalized spacial score (nSPS) is 20.1. The molecule has 0 aromatic heterocycles. The first-order chi connectivity index (χ1) is 14.6. The van der Waals surface area contributed by atoms with Crippen molar-refractivity contribution >= 4 is 17.5 Å². The number of nitrogens with one attached hydrogen (secondary N) is 1. The summed E-state index contributed by atoms with van der Waals surface area (Å²) in [6.07, 6.45) is 6.95. The number of hydrogen-bond donors (Lipinski definition) is 1. The number of ether oxygens (including phenoxy) is 1. The molecule has 7 heteroatoms. The van der Waals surface area contributed by atoms with Crippen molar-refractivity contribution in [3.8, 4) is 5.75 Å². The highest BCUT2D eigenvalue weighted by Gasteiger charge is 2.24. The molecule has 0 saturated carbocycles. The second-order valence-electron chi connectivity index (χ2n) is 8.02. The van der Waals surface area contributed by atoms with E-state index in [0.717, 1.165) is 36.5 Å². The molecule has 2 amide bonds. The van der Waals surface area contributed by atoms with E-state index in [2.05, 4.69) is 22.2 Å². The first kappa shape index (κ1) is 22.3. The summed E-state index contributed by atoms with van der Waals surface area (Å²) >= 11 is 0. The fourth-order valence-corrected chi connectivity index (χ4v) is 4.23. The highest BCUT2D eigenvalue weighted by Crippen LogP contribution is 2.20. The molecule has 30 heavy (non-hydrogen) atoms. The average molecular weight is 415 g/mol. The fourth-order valence-electron chi connectivity index (χ4n) is 4.23. The standard InChI is InChI=1S/C23H34N4O3/c1-3-19-7-4-5-15-26(19)16-6-14-24-22(28)17-27-23(29)13-12-21(25-27)18-8-10-20(30-2)11-9-18/h8-11,19H,3-7,12-17H2,1-2H3,(H,24,28)/t19-/m0/s1. The van der Waals surface area contributed by atoms with Crippen LogP contribution >= 0.6 is 0 Å². The first-order valence-corrected chi connectivity index (χ1v) is 11.1. The molecule has 2 aliphatic rings. The molecule has 1 aromatic carbocycles. The van der Waals surface area contributed by atoms with Crippen molar-refractivity contribution in [3.63, 3.8) is 0 Å². The number of carbonyl (C=O) groups excluding carboxylic acids is 2. The van der Waals surface area contributed by atoms with E-state index in [9.17, 15) is 9.59 Å². The van der Waals surface area contributed by atoms with Crippen LogP contribution in [0.25, 0.3) is 0 Å². The van der Waals surface area contributed by atoms with Crippen molar-refractivity contribution in [3.05, 3.63) is 29.8 Å². The van der Waals surface area contributed by atoms with Crippen molar-refractivity contribution in [2.45, 2.75) is 57.9 Å². The Kier molecular flexibility index (Phi) is 8.25. The Balaban J connectivity index is 1.46. The van der Waals surface area contributed by atoms with Gasteiger partial charge in [0.05, 0.1) is 12.8 Å². The van der Waals surface area contributed by atoms with Crippen LogP contribution in [0.4, 0.5) is 0 Å². The van der Waals surface area contributed by atoms with Crippen molar-refractivity contribution in [1.82, 2.24) is 15.2 Å². The van der Waals surface area contributed by atoms with Gasteiger partial charge in [-0.25, -0.2) is 5.01 Å². The molecule has 0 radical (unpaired) electrons. The Bertz CT molecular complexity index is 747. The smallest absolute Gasteiger partial charge is 0.243 e. The number of benzene rings is 1. The lowest BCUT2D eigenvalue weighted by Gasteiger charge is -2.35. The molecular weight excluding hydrogens is 380 g/mol. The van der Waals surface area contributed by atoms with Crippen molar-refractivity contribution in [1.29, 1.82) is 0 Å². The molecule has 1 fully saturated rings. The Morgan fingerprint density at radius 2 is 2.03 bits per heavy atom. The van der Waals surface area contributed by atoms with Gasteiger partial charge in [0.25, 0.3) is 0 Å². The van der Waals surface area contributed by atoms with E-state index in [1.807, 2.05) is 24.3 Å². The van der Waals surface area contributed by atoms with Crippen molar-refractivity contribution in [2.75, 3.05) is 33.3 Å². The van der Waals surface area contributed by atoms with Crippen LogP contribution in [0.1, 0.15) is 57.4 Å². The van der Waals surface area contributed by atoms with Crippen molar-refractivity contribution in [2.24, 2.45) is 5.10 Å². The Morgan fingerprint density at radius 3 is 2.77 bits per heavy atom. The minimum atomic E-state index is -0.159. The van der Waals surface area contributed by atoms with Crippen LogP contribution in [0.2, 0.25) is 0 Å². The molecule has 0 bridgehead atoms. The summed E-state index contributed by atoms with van der Waals surface area (Å²) in [5, 5.41) is 8.69. The van der Waals surface area contributed by atoms with Crippen LogP contribution in [0, 0.1) is 0 Å². The minimum absolute atomic E-state index is 0.0280. The quantitative estimate of drug-likeness (QED) is 0.631. The molecule has 164 valence electrons. The number of likely N-dealkylation sites (tertiary alicyclic amines) is 1. The van der Waals surface area contributed by atoms with Gasteiger partial charge in [0.2, 0.25) is 11.8 Å². The molecule has 3 rings (SSSR count). The van der Waals surface area contributed by atoms with E-state index >= 15 is 0 Å². The highest BCUT2D eigenvalue weighted by atomic mass is 16.5. The summed E-state index contributed by atoms with van der Waals surface area (Å²) < 4.78 is 5.18. The number of amides is 2. The second kappa shape index (κ2) is 11.1. The summed E-state index contributed by atoms with van der Waals surface area (Å²) in [5.74, 6) is 0.507. The molecule has 1 aromatic rings. The maximum Gasteiger partial charge on any atom is 0.243 e. The topological polar surface area (TPSA) is 74.2 Å². The van der Waals surface area contributed by atoms with Gasteiger partial charge < -0.3 is 15.0 Å². The van der Waals surface area contributed by atoms with Crippen molar-refractivity contribution < 1.29 is 14.3 Å². The fraction of sp³-hybridized carbons (Fsp3) is 0.609. The predicted octanol–water partition coefficient (Wildman–Crippen LogP) is 2.79. The van der Waals surface area contributed by atoms with Gasteiger partial charge in [0, 0.05) is 32.0 Å². The molecule has 1 N–H and O–H groups in total. The van der Waals surface area contributed by atoms with Crippen LogP contribution in [0.3, 0.4) is 0 Å². The Labute approximate surface area is 179 Å². The van der Waals surface area contributed by atoms with Gasteiger partial charge in [-0.2, -0.15) is 5.10 Å². The number of hydrazone groups is 1. The molecule has 0 spiro atoms. The van der Waals surface area contributed by atoms with E-state index in [1.165, 1.54) is 30.7 Å². The number of carbonyl (C=O) groups is 2. The van der Waals surface area contributed by atoms with E-state index in [1.54, 1.807) is 7.11 Å². The molecule has 1 atom stereocenters. The van der Waals surface area contributed by atoms with Gasteiger partial charge in [-0.15, -0.1) is 0 Å². The SMILES string of the molecule is CC[C@H]1CCCCN1CCCNC(=O)CN1N=C(c2ccc(OC)cc2)CCC1=O. The lowest BCUT2D eigenvalue weighted by atomic mass is 10.00. The van der Waals surface area contributed by atoms with Gasteiger partial charge in [-0.05, 0) is 62.1 Å². The van der Waals surface area contributed by atoms with E-state index in [4.69, 9.17) is 4.74 Å². The second-order valence-corrected chi connectivity index (χ2v) is 8.02. The molecule has 2 aliphatic heterocycles. The number of methoxy groups -OCH3 is 1. The number of nitrogens with zero attached hydrogens (tertiary/aromatic N) is 3. The van der Waals surface area contributed by atoms with Gasteiger partial charge >= 0.3 is 0 Å². The van der Waals surface area contributed by atoms with Gasteiger partial charge in [-0.3, -0.25) is 9.59 Å². The maximum absolute atomic E-state index is 12.4. The Hall–Kier alpha value is -2.41. The van der Waals surface area contributed by atoms with E-state index in [0.29, 0.717) is 25.4 Å². The molecule has 0 unspecified atom stereocenters. The molecular formula is C23H34N4O3. The van der Waals surface area contributed by atoms with Gasteiger partial charge in [0.15, 0.2) is 0 Å². The van der Waals surface area contributed by atoms with Gasteiger partial charge in [0.1, 0.15) is 12.3 Å². The predicted molar refractivity (Wildman–Crippen MR) is 118 cm³/mol. The van der Waals surface area contributed by atoms with E-state index in [-0.39, 0.29) is 18.4 Å². The van der Waals surface area contributed by atoms with Gasteiger partial charge in [-0.1, -0.05) is 13.3 Å². The minimum Gasteiger partial charge on any atom is -0.497 e. The van der Waals surface area contributed by atoms with Crippen LogP contribution in [-0.4, -0.2) is 66.8 Å². The van der Waals surface area contributed by atoms with E-state index < -0.39 is 0 Å². The number of piperidine rings is 1. The highest BCUT2D eigenvalue weighted by molar-refractivity contribution is 6.04. The zero-order chi connectivity index (χ0) is 21.3. The third-order valence-corrected chi connectivity index (χ3v) is 5.99. The maximum atomic E-state index is 12.4. The van der Waals surface area contributed by atoms with Crippen LogP contribution < -0.4 is 10.1 Å². The zero-order valence-corrected chi connectivity index (χ0v) is 18.2. The molecule has 1 saturated heterocycles. The monoisotopic (exact) mass is 414 g/mol. The lowest BCUT2D eigenvalue weighted by Crippen LogP contribution is -2.42. The molecule has 7 nitrogen and oxygen atoms in total. The summed E-state index contributed by atoms with van der Waals surface area (Å²) in [7, 11) is 1.63. The largest absolute Gasteiger partial charge is 0.497 e. The van der Waals surface area contributed by atoms with Crippen LogP contribution in [-0.2, 0) is 9.59 Å². The summed E-state index contributed by atoms with van der Waals surface area (Å²) in [4.78, 5) is 27.1. The molecule has 2 heterocycles. The first-order valence-electron chi connectivity index (χ1n) is 11.1. The zero-order valence-electron chi connectivity index (χ0n) is 18.2. The number of rotatable bonds is 9. The summed E-state index contributed by atoms with van der Waals surface area (Å²) in [6, 6.07) is 8.28. The number of hydrogen-bond acceptors (Lipinski definition) is 5. The van der Waals surface area contributed by atoms with Crippen LogP contribution in [0.15, 0.2) is 29.4 Å². The summed E-state index contributed by atoms with van der Waals surface area (Å²) in [6.45, 7) is 5.03.